The third kappa shape index (κ3) is 3.48. The van der Waals surface area contributed by atoms with E-state index < -0.39 is 0 Å². The largest absolute Gasteiger partial charge is 0.361 e. The number of hydrogen-bond donors (Lipinski definition) is 2. The van der Waals surface area contributed by atoms with Crippen LogP contribution >= 0.6 is 0 Å². The molecule has 0 aromatic carbocycles. The van der Waals surface area contributed by atoms with E-state index in [0.717, 1.165) is 17.7 Å². The van der Waals surface area contributed by atoms with Gasteiger partial charge >= 0.3 is 0 Å². The summed E-state index contributed by atoms with van der Waals surface area (Å²) in [5.74, 6) is 1.63. The van der Waals surface area contributed by atoms with Crippen LogP contribution in [0.25, 0.3) is 17.2 Å². The van der Waals surface area contributed by atoms with Gasteiger partial charge in [-0.25, -0.2) is 4.98 Å². The predicted molar refractivity (Wildman–Crippen MR) is 90.5 cm³/mol. The van der Waals surface area contributed by atoms with Crippen molar-refractivity contribution in [1.82, 2.24) is 29.9 Å². The number of carbonyl (C=O) groups excluding carboxylic acids is 1. The zero-order chi connectivity index (χ0) is 16.9. The highest BCUT2D eigenvalue weighted by Crippen LogP contribution is 2.17. The molecule has 0 bridgehead atoms. The zero-order valence-electron chi connectivity index (χ0n) is 13.7. The number of carbonyl (C=O) groups is 1. The standard InChI is InChI=1S/C16H19N7O/c1-3-6-18-14(24)10-19-13-8-11(2)20-16-21-15(22-23(13)16)12-5-4-7-17-9-12/h4-5,7-9,19H,3,6,10H2,1-2H3,(H,18,24). The van der Waals surface area contributed by atoms with Crippen LogP contribution in [-0.4, -0.2) is 43.6 Å². The summed E-state index contributed by atoms with van der Waals surface area (Å²) in [6, 6.07) is 5.55. The van der Waals surface area contributed by atoms with Crippen molar-refractivity contribution in [2.45, 2.75) is 20.3 Å². The minimum atomic E-state index is -0.0629. The molecule has 24 heavy (non-hydrogen) atoms. The lowest BCUT2D eigenvalue weighted by Gasteiger charge is -2.08. The first-order valence-corrected chi connectivity index (χ1v) is 7.82. The fourth-order valence-corrected chi connectivity index (χ4v) is 2.23. The van der Waals surface area contributed by atoms with Gasteiger partial charge in [0.1, 0.15) is 5.82 Å². The molecule has 0 saturated heterocycles. The lowest BCUT2D eigenvalue weighted by molar-refractivity contribution is -0.119. The topological polar surface area (TPSA) is 97.1 Å². The number of fused-ring (bicyclic) bond motifs is 1. The summed E-state index contributed by atoms with van der Waals surface area (Å²) in [7, 11) is 0. The third-order valence-corrected chi connectivity index (χ3v) is 3.36. The van der Waals surface area contributed by atoms with Crippen molar-refractivity contribution in [2.75, 3.05) is 18.4 Å². The minimum absolute atomic E-state index is 0.0629. The Bertz CT molecular complexity index is 844. The number of hydrogen-bond acceptors (Lipinski definition) is 6. The first kappa shape index (κ1) is 15.9. The average Bonchev–Trinajstić information content (AvgIpc) is 3.02. The second kappa shape index (κ2) is 7.03. The fraction of sp³-hybridized carbons (Fsp3) is 0.312. The summed E-state index contributed by atoms with van der Waals surface area (Å²) in [6.45, 7) is 4.72. The number of nitrogens with one attached hydrogen (secondary N) is 2. The summed E-state index contributed by atoms with van der Waals surface area (Å²) >= 11 is 0. The molecule has 0 saturated carbocycles. The van der Waals surface area contributed by atoms with Crippen molar-refractivity contribution < 1.29 is 4.79 Å². The first-order valence-electron chi connectivity index (χ1n) is 7.82. The highest BCUT2D eigenvalue weighted by molar-refractivity contribution is 5.80. The summed E-state index contributed by atoms with van der Waals surface area (Å²) in [4.78, 5) is 24.7. The first-order chi connectivity index (χ1) is 11.7. The van der Waals surface area contributed by atoms with Crippen LogP contribution < -0.4 is 10.6 Å². The Morgan fingerprint density at radius 1 is 1.33 bits per heavy atom. The Hall–Kier alpha value is -3.03. The zero-order valence-corrected chi connectivity index (χ0v) is 13.7. The van der Waals surface area contributed by atoms with Crippen molar-refractivity contribution in [3.05, 3.63) is 36.3 Å². The Morgan fingerprint density at radius 2 is 2.21 bits per heavy atom. The maximum absolute atomic E-state index is 11.8. The van der Waals surface area contributed by atoms with E-state index in [2.05, 4.69) is 30.7 Å². The van der Waals surface area contributed by atoms with Crippen LogP contribution in [0.5, 0.6) is 0 Å². The van der Waals surface area contributed by atoms with Crippen LogP contribution in [0.3, 0.4) is 0 Å². The second-order valence-corrected chi connectivity index (χ2v) is 5.38. The van der Waals surface area contributed by atoms with E-state index in [1.54, 1.807) is 16.9 Å². The molecule has 0 spiro atoms. The van der Waals surface area contributed by atoms with E-state index in [4.69, 9.17) is 0 Å². The van der Waals surface area contributed by atoms with E-state index in [-0.39, 0.29) is 12.5 Å². The molecule has 124 valence electrons. The maximum atomic E-state index is 11.8. The number of aryl methyl sites for hydroxylation is 1. The van der Waals surface area contributed by atoms with Crippen molar-refractivity contribution in [3.8, 4) is 11.4 Å². The molecule has 0 aliphatic carbocycles. The van der Waals surface area contributed by atoms with Gasteiger partial charge in [-0.15, -0.1) is 5.10 Å². The van der Waals surface area contributed by atoms with E-state index >= 15 is 0 Å². The van der Waals surface area contributed by atoms with Crippen LogP contribution in [0.4, 0.5) is 5.82 Å². The summed E-state index contributed by atoms with van der Waals surface area (Å²) in [6.07, 6.45) is 4.30. The molecule has 0 unspecified atom stereocenters. The van der Waals surface area contributed by atoms with Crippen LogP contribution in [0, 0.1) is 6.92 Å². The number of amides is 1. The van der Waals surface area contributed by atoms with Crippen LogP contribution in [0.2, 0.25) is 0 Å². The summed E-state index contributed by atoms with van der Waals surface area (Å²) in [5.41, 5.74) is 1.61. The van der Waals surface area contributed by atoms with Crippen LogP contribution in [0.15, 0.2) is 30.6 Å². The lowest BCUT2D eigenvalue weighted by Crippen LogP contribution is -2.30. The highest BCUT2D eigenvalue weighted by atomic mass is 16.1. The fourth-order valence-electron chi connectivity index (χ4n) is 2.23. The van der Waals surface area contributed by atoms with Gasteiger partial charge in [0.15, 0.2) is 5.82 Å². The number of aromatic nitrogens is 5. The second-order valence-electron chi connectivity index (χ2n) is 5.38. The van der Waals surface area contributed by atoms with E-state index in [0.29, 0.717) is 24.0 Å². The van der Waals surface area contributed by atoms with Gasteiger partial charge in [0.2, 0.25) is 5.91 Å². The minimum Gasteiger partial charge on any atom is -0.361 e. The molecule has 0 atom stereocenters. The molecule has 8 nitrogen and oxygen atoms in total. The SMILES string of the molecule is CCCNC(=O)CNc1cc(C)nc2nc(-c3cccnc3)nn12. The van der Waals surface area contributed by atoms with Crippen molar-refractivity contribution in [2.24, 2.45) is 0 Å². The van der Waals surface area contributed by atoms with Crippen molar-refractivity contribution in [3.63, 3.8) is 0 Å². The molecular formula is C16H19N7O. The van der Waals surface area contributed by atoms with E-state index in [9.17, 15) is 4.79 Å². The van der Waals surface area contributed by atoms with Gasteiger partial charge in [0, 0.05) is 36.3 Å². The van der Waals surface area contributed by atoms with Crippen molar-refractivity contribution >= 4 is 17.5 Å². The monoisotopic (exact) mass is 325 g/mol. The van der Waals surface area contributed by atoms with Gasteiger partial charge in [-0.1, -0.05) is 6.92 Å². The van der Waals surface area contributed by atoms with Gasteiger partial charge in [0.05, 0.1) is 6.54 Å². The molecule has 8 heteroatoms. The van der Waals surface area contributed by atoms with Crippen LogP contribution in [0.1, 0.15) is 19.0 Å². The summed E-state index contributed by atoms with van der Waals surface area (Å²) < 4.78 is 1.60. The lowest BCUT2D eigenvalue weighted by atomic mass is 10.3. The molecule has 3 rings (SSSR count). The molecular weight excluding hydrogens is 306 g/mol. The molecule has 1 amide bonds. The average molecular weight is 325 g/mol. The number of nitrogens with zero attached hydrogens (tertiary/aromatic N) is 5. The molecule has 2 N–H and O–H groups in total. The maximum Gasteiger partial charge on any atom is 0.254 e. The van der Waals surface area contributed by atoms with E-state index in [1.165, 1.54) is 0 Å². The van der Waals surface area contributed by atoms with Gasteiger partial charge < -0.3 is 10.6 Å². The number of anilines is 1. The molecule has 3 aromatic heterocycles. The molecule has 0 fully saturated rings. The molecule has 0 aliphatic rings. The van der Waals surface area contributed by atoms with Crippen LogP contribution in [-0.2, 0) is 4.79 Å². The smallest absolute Gasteiger partial charge is 0.254 e. The number of pyridine rings is 1. The third-order valence-electron chi connectivity index (χ3n) is 3.36. The Balaban J connectivity index is 1.87. The molecule has 3 aromatic rings. The van der Waals surface area contributed by atoms with Gasteiger partial charge in [0.25, 0.3) is 5.78 Å². The Kier molecular flexibility index (Phi) is 4.64. The highest BCUT2D eigenvalue weighted by Gasteiger charge is 2.12. The molecule has 0 aliphatic heterocycles. The molecule has 3 heterocycles. The normalized spacial score (nSPS) is 10.8. The quantitative estimate of drug-likeness (QED) is 0.711. The van der Waals surface area contributed by atoms with Gasteiger partial charge in [-0.3, -0.25) is 9.78 Å². The predicted octanol–water partition coefficient (Wildman–Crippen LogP) is 1.43. The van der Waals surface area contributed by atoms with E-state index in [1.807, 2.05) is 32.0 Å². The molecule has 0 radical (unpaired) electrons. The summed E-state index contributed by atoms with van der Waals surface area (Å²) in [5, 5.41) is 10.4. The number of rotatable bonds is 6. The van der Waals surface area contributed by atoms with Gasteiger partial charge in [-0.05, 0) is 25.5 Å². The Morgan fingerprint density at radius 3 is 2.96 bits per heavy atom. The van der Waals surface area contributed by atoms with Crippen molar-refractivity contribution in [1.29, 1.82) is 0 Å². The Labute approximate surface area is 139 Å². The van der Waals surface area contributed by atoms with Gasteiger partial charge in [-0.2, -0.15) is 9.50 Å².